The van der Waals surface area contributed by atoms with Crippen LogP contribution in [0.15, 0.2) is 30.3 Å². The molecule has 0 saturated heterocycles. The Morgan fingerprint density at radius 3 is 2.50 bits per heavy atom. The van der Waals surface area contributed by atoms with Crippen LogP contribution < -0.4 is 5.32 Å². The van der Waals surface area contributed by atoms with Crippen molar-refractivity contribution in [3.05, 3.63) is 30.3 Å². The highest BCUT2D eigenvalue weighted by molar-refractivity contribution is 7.78. The SMILES string of the molecule is CN(S)C(=O)Nc1ccccc1. The number of benzene rings is 1. The fourth-order valence-electron chi connectivity index (χ4n) is 0.726. The van der Waals surface area contributed by atoms with Gasteiger partial charge in [0.2, 0.25) is 0 Å². The van der Waals surface area contributed by atoms with Crippen molar-refractivity contribution in [3.8, 4) is 0 Å². The van der Waals surface area contributed by atoms with Gasteiger partial charge < -0.3 is 5.32 Å². The zero-order chi connectivity index (χ0) is 8.97. The van der Waals surface area contributed by atoms with Crippen molar-refractivity contribution in [1.82, 2.24) is 4.31 Å². The minimum atomic E-state index is -0.246. The van der Waals surface area contributed by atoms with Gasteiger partial charge in [-0.25, -0.2) is 4.79 Å². The van der Waals surface area contributed by atoms with E-state index < -0.39 is 0 Å². The molecule has 0 radical (unpaired) electrons. The average molecular weight is 182 g/mol. The van der Waals surface area contributed by atoms with E-state index in [9.17, 15) is 4.79 Å². The third-order valence-corrected chi connectivity index (χ3v) is 1.50. The Morgan fingerprint density at radius 1 is 1.42 bits per heavy atom. The van der Waals surface area contributed by atoms with E-state index in [0.29, 0.717) is 0 Å². The lowest BCUT2D eigenvalue weighted by atomic mass is 10.3. The molecule has 0 aromatic heterocycles. The second kappa shape index (κ2) is 4.01. The van der Waals surface area contributed by atoms with E-state index in [2.05, 4.69) is 18.1 Å². The highest BCUT2D eigenvalue weighted by Gasteiger charge is 2.02. The van der Waals surface area contributed by atoms with Crippen molar-refractivity contribution in [2.24, 2.45) is 0 Å². The van der Waals surface area contributed by atoms with Gasteiger partial charge in [0.1, 0.15) is 0 Å². The molecule has 3 nitrogen and oxygen atoms in total. The molecule has 0 bridgehead atoms. The number of hydrogen-bond donors (Lipinski definition) is 2. The summed E-state index contributed by atoms with van der Waals surface area (Å²) in [5.41, 5.74) is 0.767. The first-order valence-corrected chi connectivity index (χ1v) is 3.89. The lowest BCUT2D eigenvalue weighted by Gasteiger charge is -2.09. The van der Waals surface area contributed by atoms with Gasteiger partial charge in [-0.05, 0) is 12.1 Å². The van der Waals surface area contributed by atoms with Gasteiger partial charge in [0.15, 0.2) is 0 Å². The van der Waals surface area contributed by atoms with Gasteiger partial charge in [-0.1, -0.05) is 31.0 Å². The molecule has 0 unspecified atom stereocenters. The maximum absolute atomic E-state index is 11.1. The molecular weight excluding hydrogens is 172 g/mol. The Bertz CT molecular complexity index is 261. The standard InChI is InChI=1S/C8H10N2OS/c1-10(12)8(11)9-7-5-3-2-4-6-7/h2-6,12H,1H3,(H,9,11). The van der Waals surface area contributed by atoms with Gasteiger partial charge >= 0.3 is 6.03 Å². The molecule has 1 aromatic carbocycles. The number of anilines is 1. The maximum atomic E-state index is 11.1. The molecule has 1 aromatic rings. The fourth-order valence-corrected chi connectivity index (χ4v) is 0.776. The largest absolute Gasteiger partial charge is 0.331 e. The van der Waals surface area contributed by atoms with E-state index in [0.717, 1.165) is 5.69 Å². The van der Waals surface area contributed by atoms with Crippen LogP contribution in [0.3, 0.4) is 0 Å². The summed E-state index contributed by atoms with van der Waals surface area (Å²) in [6.45, 7) is 0. The van der Waals surface area contributed by atoms with E-state index >= 15 is 0 Å². The molecule has 0 atom stereocenters. The first-order valence-electron chi connectivity index (χ1n) is 3.49. The molecule has 0 fully saturated rings. The zero-order valence-corrected chi connectivity index (χ0v) is 7.58. The van der Waals surface area contributed by atoms with E-state index in [-0.39, 0.29) is 6.03 Å². The summed E-state index contributed by atoms with van der Waals surface area (Å²) in [5, 5.41) is 2.65. The van der Waals surface area contributed by atoms with E-state index in [1.165, 1.54) is 4.31 Å². The Hall–Kier alpha value is -1.16. The third kappa shape index (κ3) is 2.47. The van der Waals surface area contributed by atoms with Gasteiger partial charge in [0, 0.05) is 12.7 Å². The Balaban J connectivity index is 2.59. The van der Waals surface area contributed by atoms with Crippen LogP contribution in [0.5, 0.6) is 0 Å². The number of urea groups is 1. The minimum absolute atomic E-state index is 0.246. The summed E-state index contributed by atoms with van der Waals surface area (Å²) in [6, 6.07) is 8.98. The molecule has 0 saturated carbocycles. The van der Waals surface area contributed by atoms with Gasteiger partial charge in [-0.2, -0.15) is 0 Å². The number of nitrogens with one attached hydrogen (secondary N) is 1. The molecule has 0 aliphatic rings. The first kappa shape index (κ1) is 8.93. The normalized spacial score (nSPS) is 9.17. The first-order chi connectivity index (χ1) is 5.70. The van der Waals surface area contributed by atoms with Gasteiger partial charge in [0.05, 0.1) is 0 Å². The highest BCUT2D eigenvalue weighted by Crippen LogP contribution is 2.06. The molecule has 0 heterocycles. The van der Waals surface area contributed by atoms with E-state index in [4.69, 9.17) is 0 Å². The van der Waals surface area contributed by atoms with Crippen LogP contribution in [-0.4, -0.2) is 17.4 Å². The average Bonchev–Trinajstić information content (AvgIpc) is 2.06. The molecule has 64 valence electrons. The minimum Gasteiger partial charge on any atom is -0.307 e. The lowest BCUT2D eigenvalue weighted by Crippen LogP contribution is -2.22. The van der Waals surface area contributed by atoms with Gasteiger partial charge in [-0.15, -0.1) is 0 Å². The number of nitrogens with zero attached hydrogens (tertiary/aromatic N) is 1. The predicted octanol–water partition coefficient (Wildman–Crippen LogP) is 2.00. The summed E-state index contributed by atoms with van der Waals surface area (Å²) in [4.78, 5) is 11.1. The molecular formula is C8H10N2OS. The molecule has 1 rings (SSSR count). The van der Waals surface area contributed by atoms with Crippen molar-refractivity contribution >= 4 is 24.5 Å². The van der Waals surface area contributed by atoms with Crippen molar-refractivity contribution in [3.63, 3.8) is 0 Å². The zero-order valence-electron chi connectivity index (χ0n) is 6.69. The summed E-state index contributed by atoms with van der Waals surface area (Å²) >= 11 is 3.84. The smallest absolute Gasteiger partial charge is 0.307 e. The van der Waals surface area contributed by atoms with Crippen LogP contribution in [0.1, 0.15) is 0 Å². The lowest BCUT2D eigenvalue weighted by molar-refractivity contribution is 0.243. The van der Waals surface area contributed by atoms with Crippen molar-refractivity contribution in [1.29, 1.82) is 0 Å². The summed E-state index contributed by atoms with van der Waals surface area (Å²) in [6.07, 6.45) is 0. The highest BCUT2D eigenvalue weighted by atomic mass is 32.1. The molecule has 0 aliphatic heterocycles. The van der Waals surface area contributed by atoms with E-state index in [1.54, 1.807) is 7.05 Å². The number of amides is 2. The summed E-state index contributed by atoms with van der Waals surface area (Å²) < 4.78 is 1.19. The Kier molecular flexibility index (Phi) is 2.99. The topological polar surface area (TPSA) is 32.3 Å². The maximum Gasteiger partial charge on any atom is 0.331 e. The monoisotopic (exact) mass is 182 g/mol. The van der Waals surface area contributed by atoms with Gasteiger partial charge in [0.25, 0.3) is 0 Å². The number of rotatable bonds is 1. The van der Waals surface area contributed by atoms with E-state index in [1.807, 2.05) is 30.3 Å². The number of para-hydroxylation sites is 1. The summed E-state index contributed by atoms with van der Waals surface area (Å²) in [5.74, 6) is 0. The second-order valence-electron chi connectivity index (χ2n) is 2.32. The van der Waals surface area contributed by atoms with Crippen molar-refractivity contribution in [2.75, 3.05) is 12.4 Å². The molecule has 2 amide bonds. The van der Waals surface area contributed by atoms with Crippen LogP contribution in [-0.2, 0) is 0 Å². The summed E-state index contributed by atoms with van der Waals surface area (Å²) in [7, 11) is 1.57. The van der Waals surface area contributed by atoms with Crippen LogP contribution in [0.2, 0.25) is 0 Å². The van der Waals surface area contributed by atoms with Crippen LogP contribution in [0.25, 0.3) is 0 Å². The van der Waals surface area contributed by atoms with Crippen LogP contribution in [0, 0.1) is 0 Å². The van der Waals surface area contributed by atoms with Crippen molar-refractivity contribution in [2.45, 2.75) is 0 Å². The van der Waals surface area contributed by atoms with Crippen LogP contribution in [0.4, 0.5) is 10.5 Å². The molecule has 0 spiro atoms. The second-order valence-corrected chi connectivity index (χ2v) is 2.92. The fraction of sp³-hybridized carbons (Fsp3) is 0.125. The predicted molar refractivity (Wildman–Crippen MR) is 52.2 cm³/mol. The molecule has 1 N–H and O–H groups in total. The molecule has 12 heavy (non-hydrogen) atoms. The molecule has 4 heteroatoms. The number of hydrogen-bond acceptors (Lipinski definition) is 2. The number of carbonyl (C=O) groups is 1. The third-order valence-electron chi connectivity index (χ3n) is 1.32. The quantitative estimate of drug-likeness (QED) is 0.640. The van der Waals surface area contributed by atoms with Gasteiger partial charge in [-0.3, -0.25) is 4.31 Å². The number of thiol groups is 1. The van der Waals surface area contributed by atoms with Crippen molar-refractivity contribution < 1.29 is 4.79 Å². The molecule has 0 aliphatic carbocycles. The number of carbonyl (C=O) groups excluding carboxylic acids is 1. The Morgan fingerprint density at radius 2 is 2.00 bits per heavy atom. The van der Waals surface area contributed by atoms with Crippen LogP contribution >= 0.6 is 12.8 Å². The Labute approximate surface area is 76.9 Å².